The van der Waals surface area contributed by atoms with Crippen LogP contribution in [0.4, 0.5) is 0 Å². The Morgan fingerprint density at radius 1 is 0.551 bits per heavy atom. The zero-order chi connectivity index (χ0) is 62.4. The average Bonchev–Trinajstić information content (AvgIpc) is 1.52. The van der Waals surface area contributed by atoms with Gasteiger partial charge in [0.15, 0.2) is 0 Å². The first-order valence-corrected chi connectivity index (χ1v) is 37.8. The number of carboxylic acids is 1. The molecule has 0 saturated carbocycles. The molecule has 0 bridgehead atoms. The fraction of sp³-hybridized carbons (Fsp3) is 0.590. The zero-order valence-electron chi connectivity index (χ0n) is 56.5. The molecule has 6 aromatic carbocycles. The van der Waals surface area contributed by atoms with Crippen molar-refractivity contribution in [1.29, 1.82) is 5.26 Å². The maximum absolute atomic E-state index is 12.6. The van der Waals surface area contributed by atoms with Gasteiger partial charge in [0.05, 0.1) is 17.6 Å². The third kappa shape index (κ3) is 16.3. The molecule has 2 atom stereocenters. The van der Waals surface area contributed by atoms with E-state index in [1.165, 1.54) is 300 Å². The highest BCUT2D eigenvalue weighted by molar-refractivity contribution is 7.16. The molecular formula is C83H114N2O3S. The number of benzene rings is 6. The maximum atomic E-state index is 12.6. The van der Waals surface area contributed by atoms with Crippen molar-refractivity contribution in [3.63, 3.8) is 0 Å². The van der Waals surface area contributed by atoms with Crippen molar-refractivity contribution >= 4 is 77.5 Å². The number of nitriles is 1. The van der Waals surface area contributed by atoms with E-state index < -0.39 is 5.97 Å². The summed E-state index contributed by atoms with van der Waals surface area (Å²) < 4.78 is 9.77. The third-order valence-corrected chi connectivity index (χ3v) is 22.1. The van der Waals surface area contributed by atoms with Crippen LogP contribution in [0.3, 0.4) is 0 Å². The summed E-state index contributed by atoms with van der Waals surface area (Å²) in [5.74, 6) is 0.954. The standard InChI is InChI=1S/C83H114N2O3S/c1-7-13-19-25-29-35-42-61(41-33-23-17-11-5)59-85-73-57-71(63-49-51-65(52-50-63)88-60-62(43-34-24-18-12-6)44-36-30-26-20-14-8-2)69-47-39-45-67-68-46-40-48-70-75(68)78(77(73)74(67)69)80(85)79-76(70)81-72(56-66(89-81)55-64(58-84)82(86)87)83(79,53-37-31-27-21-15-9-3)54-38-32-28-22-16-10-4/h39-40,45-52,55-57,61-62H,7-38,41-44,53-54,59-60H2,1-6H3,(H,86,87). The molecule has 1 aliphatic carbocycles. The Morgan fingerprint density at radius 2 is 1.01 bits per heavy atom. The number of aliphatic carboxylic acids is 1. The number of carboxylic acid groups (broad SMARTS) is 1. The number of aromatic nitrogens is 1. The molecule has 89 heavy (non-hydrogen) atoms. The van der Waals surface area contributed by atoms with Gasteiger partial charge >= 0.3 is 5.97 Å². The fourth-order valence-corrected chi connectivity index (χ4v) is 17.4. The predicted molar refractivity (Wildman–Crippen MR) is 387 cm³/mol. The van der Waals surface area contributed by atoms with Gasteiger partial charge in [0.25, 0.3) is 0 Å². The quantitative estimate of drug-likeness (QED) is 0.0136. The Kier molecular flexibility index (Phi) is 26.6. The van der Waals surface area contributed by atoms with E-state index in [9.17, 15) is 15.2 Å². The molecule has 0 spiro atoms. The van der Waals surface area contributed by atoms with Gasteiger partial charge in [-0.25, -0.2) is 4.79 Å². The van der Waals surface area contributed by atoms with E-state index in [1.54, 1.807) is 23.0 Å². The first-order chi connectivity index (χ1) is 43.8. The maximum Gasteiger partial charge on any atom is 0.346 e. The van der Waals surface area contributed by atoms with Gasteiger partial charge in [-0.1, -0.05) is 296 Å². The van der Waals surface area contributed by atoms with E-state index in [0.717, 1.165) is 49.5 Å². The second-order valence-corrected chi connectivity index (χ2v) is 28.8. The van der Waals surface area contributed by atoms with Crippen LogP contribution in [0.1, 0.15) is 302 Å². The highest BCUT2D eigenvalue weighted by Gasteiger charge is 2.48. The molecule has 0 aliphatic heterocycles. The normalized spacial score (nSPS) is 13.9. The van der Waals surface area contributed by atoms with Gasteiger partial charge in [-0.3, -0.25) is 0 Å². The molecule has 5 nitrogen and oxygen atoms in total. The number of unbranched alkanes of at least 4 members (excludes halogenated alkanes) is 26. The zero-order valence-corrected chi connectivity index (χ0v) is 57.3. The van der Waals surface area contributed by atoms with Crippen molar-refractivity contribution in [1.82, 2.24) is 4.57 Å². The third-order valence-electron chi connectivity index (χ3n) is 21.0. The van der Waals surface area contributed by atoms with Crippen molar-refractivity contribution in [2.75, 3.05) is 6.61 Å². The minimum Gasteiger partial charge on any atom is -0.493 e. The van der Waals surface area contributed by atoms with Gasteiger partial charge in [0, 0.05) is 48.8 Å². The van der Waals surface area contributed by atoms with E-state index in [2.05, 4.69) is 119 Å². The highest BCUT2D eigenvalue weighted by Crippen LogP contribution is 2.64. The summed E-state index contributed by atoms with van der Waals surface area (Å²) in [6.45, 7) is 15.7. The predicted octanol–water partition coefficient (Wildman–Crippen LogP) is 26.7. The van der Waals surface area contributed by atoms with Gasteiger partial charge in [0.2, 0.25) is 0 Å². The van der Waals surface area contributed by atoms with E-state index >= 15 is 0 Å². The van der Waals surface area contributed by atoms with Crippen molar-refractivity contribution < 1.29 is 14.6 Å². The average molecular weight is 1220 g/mol. The number of rotatable bonds is 46. The smallest absolute Gasteiger partial charge is 0.346 e. The molecule has 8 aromatic rings. The van der Waals surface area contributed by atoms with Crippen molar-refractivity contribution in [3.05, 3.63) is 94.4 Å². The number of fused-ring (bicyclic) bond motifs is 6. The van der Waals surface area contributed by atoms with Gasteiger partial charge in [-0.05, 0) is 125 Å². The number of ether oxygens (including phenoxy) is 1. The minimum absolute atomic E-state index is 0.200. The summed E-state index contributed by atoms with van der Waals surface area (Å²) in [6, 6.07) is 30.6. The Bertz CT molecular complexity index is 3480. The van der Waals surface area contributed by atoms with Crippen LogP contribution >= 0.6 is 11.3 Å². The lowest BCUT2D eigenvalue weighted by Gasteiger charge is -2.34. The van der Waals surface area contributed by atoms with E-state index in [-0.39, 0.29) is 11.0 Å². The first-order valence-electron chi connectivity index (χ1n) is 37.0. The van der Waals surface area contributed by atoms with Crippen LogP contribution in [0, 0.1) is 23.2 Å². The summed E-state index contributed by atoms with van der Waals surface area (Å²) in [5, 5.41) is 31.5. The summed E-state index contributed by atoms with van der Waals surface area (Å²) in [6.07, 6.45) is 49.8. The largest absolute Gasteiger partial charge is 0.493 e. The molecule has 1 aliphatic rings. The molecule has 9 rings (SSSR count). The number of nitrogens with zero attached hydrogens (tertiary/aromatic N) is 2. The van der Waals surface area contributed by atoms with Crippen molar-refractivity contribution in [3.8, 4) is 33.4 Å². The number of thiophene rings is 1. The van der Waals surface area contributed by atoms with Crippen LogP contribution < -0.4 is 4.74 Å². The molecule has 2 heterocycles. The number of hydrogen-bond donors (Lipinski definition) is 1. The molecular weight excluding hydrogens is 1100 g/mol. The molecule has 0 fully saturated rings. The van der Waals surface area contributed by atoms with Gasteiger partial charge in [0.1, 0.15) is 17.4 Å². The van der Waals surface area contributed by atoms with Crippen LogP contribution in [-0.4, -0.2) is 22.2 Å². The summed E-state index contributed by atoms with van der Waals surface area (Å²) >= 11 is 1.74. The lowest BCUT2D eigenvalue weighted by atomic mass is 9.69. The molecule has 0 amide bonds. The molecule has 0 saturated heterocycles. The molecule has 480 valence electrons. The molecule has 6 heteroatoms. The monoisotopic (exact) mass is 1220 g/mol. The topological polar surface area (TPSA) is 75.2 Å². The van der Waals surface area contributed by atoms with Crippen LogP contribution in [0.2, 0.25) is 0 Å². The second kappa shape index (κ2) is 34.9. The lowest BCUT2D eigenvalue weighted by molar-refractivity contribution is -0.132. The van der Waals surface area contributed by atoms with Gasteiger partial charge < -0.3 is 14.4 Å². The summed E-state index contributed by atoms with van der Waals surface area (Å²) in [4.78, 5) is 14.8. The van der Waals surface area contributed by atoms with Crippen LogP contribution in [0.15, 0.2) is 78.4 Å². The lowest BCUT2D eigenvalue weighted by Crippen LogP contribution is -2.26. The molecule has 2 aromatic heterocycles. The van der Waals surface area contributed by atoms with Crippen molar-refractivity contribution in [2.45, 2.75) is 297 Å². The summed E-state index contributed by atoms with van der Waals surface area (Å²) in [5.41, 5.74) is 9.22. The first kappa shape index (κ1) is 68.0. The molecule has 2 unspecified atom stereocenters. The fourth-order valence-electron chi connectivity index (χ4n) is 16.2. The SMILES string of the molecule is CCCCCCCCC(CCCCCC)COc1ccc(-c2cc3c4c5c2cccc5c2cccc5c6c(c(c4c52)n3CC(CCCCCC)CCCCCCCC)C(CCCCCCCC)(CCCCCCCC)c2cc(C=C(C#N)C(=O)O)sc2-6)cc1. The van der Waals surface area contributed by atoms with Gasteiger partial charge in [-0.15, -0.1) is 11.3 Å². The van der Waals surface area contributed by atoms with Crippen LogP contribution in [0.25, 0.3) is 81.8 Å². The van der Waals surface area contributed by atoms with E-state index in [1.807, 2.05) is 6.07 Å². The second-order valence-electron chi connectivity index (χ2n) is 27.7. The van der Waals surface area contributed by atoms with E-state index in [4.69, 9.17) is 4.74 Å². The minimum atomic E-state index is -1.16. The number of carbonyl (C=O) groups is 1. The van der Waals surface area contributed by atoms with E-state index in [0.29, 0.717) is 11.8 Å². The molecule has 1 N–H and O–H groups in total. The van der Waals surface area contributed by atoms with Crippen molar-refractivity contribution in [2.24, 2.45) is 11.8 Å². The summed E-state index contributed by atoms with van der Waals surface area (Å²) in [7, 11) is 0. The Hall–Kier alpha value is -5.38. The Labute approximate surface area is 542 Å². The van der Waals surface area contributed by atoms with Crippen LogP contribution in [-0.2, 0) is 16.8 Å². The number of hydrogen-bond acceptors (Lipinski definition) is 4. The molecule has 0 radical (unpaired) electrons. The van der Waals surface area contributed by atoms with Gasteiger partial charge in [-0.2, -0.15) is 5.26 Å². The Morgan fingerprint density at radius 3 is 1.53 bits per heavy atom. The Balaban J connectivity index is 1.26. The highest BCUT2D eigenvalue weighted by atomic mass is 32.1. The van der Waals surface area contributed by atoms with Crippen LogP contribution in [0.5, 0.6) is 5.75 Å².